The number of benzene rings is 1. The van der Waals surface area contributed by atoms with Gasteiger partial charge in [0.15, 0.2) is 0 Å². The molecule has 0 aromatic heterocycles. The summed E-state index contributed by atoms with van der Waals surface area (Å²) in [7, 11) is 1.61. The zero-order chi connectivity index (χ0) is 14.8. The largest absolute Gasteiger partial charge is 0.481 e. The first-order valence-corrected chi connectivity index (χ1v) is 6.42. The van der Waals surface area contributed by atoms with Gasteiger partial charge in [-0.15, -0.1) is 6.42 Å². The van der Waals surface area contributed by atoms with Crippen molar-refractivity contribution in [2.24, 2.45) is 0 Å². The van der Waals surface area contributed by atoms with Crippen LogP contribution in [-0.2, 0) is 4.74 Å². The van der Waals surface area contributed by atoms with E-state index in [1.807, 2.05) is 6.92 Å². The molecule has 2 amide bonds. The van der Waals surface area contributed by atoms with Crippen molar-refractivity contribution in [3.05, 3.63) is 24.3 Å². The second-order valence-electron chi connectivity index (χ2n) is 4.18. The molecule has 0 aliphatic carbocycles. The highest BCUT2D eigenvalue weighted by Gasteiger charge is 2.10. The summed E-state index contributed by atoms with van der Waals surface area (Å²) < 4.78 is 10.3. The van der Waals surface area contributed by atoms with Crippen LogP contribution < -0.4 is 15.4 Å². The number of hydrogen-bond acceptors (Lipinski definition) is 3. The lowest BCUT2D eigenvalue weighted by atomic mass is 10.2. The second-order valence-corrected chi connectivity index (χ2v) is 4.18. The predicted molar refractivity (Wildman–Crippen MR) is 78.9 cm³/mol. The molecule has 1 unspecified atom stereocenters. The molecule has 5 nitrogen and oxygen atoms in total. The molecule has 0 fully saturated rings. The van der Waals surface area contributed by atoms with Crippen LogP contribution in [0.2, 0.25) is 0 Å². The Morgan fingerprint density at radius 2 is 2.30 bits per heavy atom. The molecule has 108 valence electrons. The molecular formula is C15H20N2O3. The number of amides is 2. The fourth-order valence-electron chi connectivity index (χ4n) is 1.60. The van der Waals surface area contributed by atoms with E-state index in [-0.39, 0.29) is 18.7 Å². The van der Waals surface area contributed by atoms with E-state index in [4.69, 9.17) is 15.9 Å². The Balaban J connectivity index is 2.55. The number of hydrogen-bond donors (Lipinski definition) is 2. The van der Waals surface area contributed by atoms with Crippen LogP contribution in [0.5, 0.6) is 5.75 Å². The Bertz CT molecular complexity index is 468. The number of carbonyl (C=O) groups excluding carboxylic acids is 1. The van der Waals surface area contributed by atoms with Crippen molar-refractivity contribution in [1.29, 1.82) is 0 Å². The van der Waals surface area contributed by atoms with Gasteiger partial charge in [-0.1, -0.05) is 18.9 Å². The van der Waals surface area contributed by atoms with Crippen molar-refractivity contribution in [3.8, 4) is 18.1 Å². The summed E-state index contributed by atoms with van der Waals surface area (Å²) in [5.74, 6) is 3.00. The van der Waals surface area contributed by atoms with E-state index in [1.165, 1.54) is 0 Å². The second kappa shape index (κ2) is 8.83. The van der Waals surface area contributed by atoms with Gasteiger partial charge in [0.25, 0.3) is 0 Å². The molecule has 5 heteroatoms. The zero-order valence-electron chi connectivity index (χ0n) is 11.8. The van der Waals surface area contributed by atoms with Gasteiger partial charge in [0.05, 0.1) is 12.6 Å². The van der Waals surface area contributed by atoms with Gasteiger partial charge in [-0.2, -0.15) is 0 Å². The molecule has 0 saturated carbocycles. The fourth-order valence-corrected chi connectivity index (χ4v) is 1.60. The van der Waals surface area contributed by atoms with Gasteiger partial charge in [0.2, 0.25) is 0 Å². The molecule has 0 saturated heterocycles. The number of urea groups is 1. The van der Waals surface area contributed by atoms with Crippen molar-refractivity contribution in [3.63, 3.8) is 0 Å². The third kappa shape index (κ3) is 5.63. The zero-order valence-corrected chi connectivity index (χ0v) is 11.8. The predicted octanol–water partition coefficient (Wildman–Crippen LogP) is 2.25. The molecule has 0 radical (unpaired) electrons. The van der Waals surface area contributed by atoms with Gasteiger partial charge in [0.1, 0.15) is 12.4 Å². The number of rotatable bonds is 7. The summed E-state index contributed by atoms with van der Waals surface area (Å²) in [5.41, 5.74) is 0.643. The van der Waals surface area contributed by atoms with E-state index in [2.05, 4.69) is 16.6 Å². The Hall–Kier alpha value is -2.19. The van der Waals surface area contributed by atoms with E-state index in [0.717, 1.165) is 6.42 Å². The van der Waals surface area contributed by atoms with Crippen LogP contribution in [-0.4, -0.2) is 32.4 Å². The Morgan fingerprint density at radius 3 is 2.95 bits per heavy atom. The first-order chi connectivity index (χ1) is 9.69. The van der Waals surface area contributed by atoms with Crippen molar-refractivity contribution in [2.45, 2.75) is 19.4 Å². The van der Waals surface area contributed by atoms with Crippen LogP contribution in [0.25, 0.3) is 0 Å². The molecule has 1 atom stereocenters. The van der Waals surface area contributed by atoms with Gasteiger partial charge in [-0.05, 0) is 18.6 Å². The first kappa shape index (κ1) is 15.9. The third-order valence-electron chi connectivity index (χ3n) is 2.61. The van der Waals surface area contributed by atoms with Crippen LogP contribution >= 0.6 is 0 Å². The highest BCUT2D eigenvalue weighted by Crippen LogP contribution is 2.17. The maximum atomic E-state index is 11.8. The summed E-state index contributed by atoms with van der Waals surface area (Å²) in [4.78, 5) is 11.8. The van der Waals surface area contributed by atoms with Crippen molar-refractivity contribution in [2.75, 3.05) is 25.6 Å². The number of methoxy groups -OCH3 is 1. The Morgan fingerprint density at radius 1 is 1.50 bits per heavy atom. The fraction of sp³-hybridized carbons (Fsp3) is 0.400. The molecule has 0 spiro atoms. The van der Waals surface area contributed by atoms with E-state index in [0.29, 0.717) is 18.0 Å². The van der Waals surface area contributed by atoms with Crippen LogP contribution in [0.4, 0.5) is 10.5 Å². The van der Waals surface area contributed by atoms with E-state index < -0.39 is 0 Å². The minimum Gasteiger partial charge on any atom is -0.481 e. The SMILES string of the molecule is C#CCOc1cccc(NC(=O)NC(CC)COC)c1. The summed E-state index contributed by atoms with van der Waals surface area (Å²) in [6.07, 6.45) is 5.93. The molecule has 1 rings (SSSR count). The summed E-state index contributed by atoms with van der Waals surface area (Å²) in [6.45, 7) is 2.66. The Kier molecular flexibility index (Phi) is 7.01. The smallest absolute Gasteiger partial charge is 0.319 e. The van der Waals surface area contributed by atoms with E-state index in [1.54, 1.807) is 31.4 Å². The lowest BCUT2D eigenvalue weighted by molar-refractivity contribution is 0.165. The lowest BCUT2D eigenvalue weighted by Gasteiger charge is -2.16. The average molecular weight is 276 g/mol. The molecule has 0 aliphatic heterocycles. The summed E-state index contributed by atoms with van der Waals surface area (Å²) in [5, 5.41) is 5.58. The molecular weight excluding hydrogens is 256 g/mol. The summed E-state index contributed by atoms with van der Waals surface area (Å²) in [6, 6.07) is 6.77. The Labute approximate surface area is 119 Å². The van der Waals surface area contributed by atoms with Crippen molar-refractivity contribution < 1.29 is 14.3 Å². The highest BCUT2D eigenvalue weighted by atomic mass is 16.5. The van der Waals surface area contributed by atoms with Gasteiger partial charge >= 0.3 is 6.03 Å². The van der Waals surface area contributed by atoms with Crippen LogP contribution in [0.1, 0.15) is 13.3 Å². The number of anilines is 1. The number of ether oxygens (including phenoxy) is 2. The third-order valence-corrected chi connectivity index (χ3v) is 2.61. The van der Waals surface area contributed by atoms with Gasteiger partial charge < -0.3 is 20.1 Å². The molecule has 0 aliphatic rings. The minimum absolute atomic E-state index is 0.0131. The van der Waals surface area contributed by atoms with Crippen molar-refractivity contribution in [1.82, 2.24) is 5.32 Å². The normalized spacial score (nSPS) is 11.2. The molecule has 1 aromatic carbocycles. The minimum atomic E-state index is -0.275. The van der Waals surface area contributed by atoms with Crippen LogP contribution in [0.15, 0.2) is 24.3 Å². The topological polar surface area (TPSA) is 59.6 Å². The van der Waals surface area contributed by atoms with Gasteiger partial charge in [-0.25, -0.2) is 4.79 Å². The van der Waals surface area contributed by atoms with Gasteiger partial charge in [-0.3, -0.25) is 0 Å². The van der Waals surface area contributed by atoms with Crippen LogP contribution in [0, 0.1) is 12.3 Å². The maximum Gasteiger partial charge on any atom is 0.319 e. The lowest BCUT2D eigenvalue weighted by Crippen LogP contribution is -2.40. The monoisotopic (exact) mass is 276 g/mol. The first-order valence-electron chi connectivity index (χ1n) is 6.42. The van der Waals surface area contributed by atoms with E-state index >= 15 is 0 Å². The molecule has 1 aromatic rings. The van der Waals surface area contributed by atoms with Gasteiger partial charge in [0, 0.05) is 18.9 Å². The molecule has 0 heterocycles. The number of terminal acetylenes is 1. The van der Waals surface area contributed by atoms with E-state index in [9.17, 15) is 4.79 Å². The standard InChI is InChI=1S/C15H20N2O3/c1-4-9-20-14-8-6-7-13(10-14)17-15(18)16-12(5-2)11-19-3/h1,6-8,10,12H,5,9,11H2,2-3H3,(H2,16,17,18). The molecule has 2 N–H and O–H groups in total. The molecule has 20 heavy (non-hydrogen) atoms. The highest BCUT2D eigenvalue weighted by molar-refractivity contribution is 5.89. The van der Waals surface area contributed by atoms with Crippen LogP contribution in [0.3, 0.4) is 0 Å². The molecule has 0 bridgehead atoms. The number of nitrogens with one attached hydrogen (secondary N) is 2. The van der Waals surface area contributed by atoms with Crippen molar-refractivity contribution >= 4 is 11.7 Å². The maximum absolute atomic E-state index is 11.8. The summed E-state index contributed by atoms with van der Waals surface area (Å²) >= 11 is 0. The number of carbonyl (C=O) groups is 1. The average Bonchev–Trinajstić information content (AvgIpc) is 2.45. The quantitative estimate of drug-likeness (QED) is 0.751.